The van der Waals surface area contributed by atoms with Crippen LogP contribution in [-0.4, -0.2) is 44.9 Å². The summed E-state index contributed by atoms with van der Waals surface area (Å²) in [5, 5.41) is 2.48. The molecule has 1 saturated carbocycles. The van der Waals surface area contributed by atoms with E-state index in [1.807, 2.05) is 39.8 Å². The minimum atomic E-state index is -4.61. The van der Waals surface area contributed by atoms with Crippen molar-refractivity contribution in [3.8, 4) is 0 Å². The zero-order chi connectivity index (χ0) is 26.5. The number of carbonyl (C=O) groups excluding carboxylic acids is 1. The summed E-state index contributed by atoms with van der Waals surface area (Å²) >= 11 is 10.7. The zero-order valence-electron chi connectivity index (χ0n) is 20.6. The van der Waals surface area contributed by atoms with E-state index in [-0.39, 0.29) is 28.6 Å². The number of aromatic nitrogens is 2. The van der Waals surface area contributed by atoms with Crippen LogP contribution in [0.1, 0.15) is 62.6 Å². The Labute approximate surface area is 219 Å². The van der Waals surface area contributed by atoms with Crippen LogP contribution in [0.15, 0.2) is 24.4 Å². The van der Waals surface area contributed by atoms with Gasteiger partial charge in [-0.15, -0.1) is 0 Å². The second-order valence-electron chi connectivity index (χ2n) is 10.7. The molecule has 2 unspecified atom stereocenters. The van der Waals surface area contributed by atoms with Gasteiger partial charge in [-0.2, -0.15) is 25.8 Å². The number of ether oxygens (including phenoxy) is 1. The van der Waals surface area contributed by atoms with Gasteiger partial charge in [-0.05, 0) is 75.5 Å². The number of hydrogen-bond acceptors (Lipinski definition) is 6. The summed E-state index contributed by atoms with van der Waals surface area (Å²) in [6.45, 7) is 8.84. The first kappa shape index (κ1) is 26.9. The first-order valence-corrected chi connectivity index (χ1v) is 12.7. The average molecular weight is 543 g/mol. The molecule has 1 aromatic carbocycles. The molecule has 0 bridgehead atoms. The molecule has 11 heteroatoms. The van der Waals surface area contributed by atoms with Crippen LogP contribution in [0, 0.1) is 12.3 Å². The van der Waals surface area contributed by atoms with E-state index in [1.54, 1.807) is 4.90 Å². The van der Waals surface area contributed by atoms with Crippen molar-refractivity contribution in [3.05, 3.63) is 46.2 Å². The fourth-order valence-electron chi connectivity index (χ4n) is 4.99. The van der Waals surface area contributed by atoms with Crippen LogP contribution in [0.2, 0.25) is 5.15 Å². The van der Waals surface area contributed by atoms with E-state index in [0.29, 0.717) is 25.0 Å². The molecule has 1 N–H and O–H groups in total. The molecule has 2 atom stereocenters. The van der Waals surface area contributed by atoms with Crippen molar-refractivity contribution in [1.82, 2.24) is 14.9 Å². The minimum absolute atomic E-state index is 0.00438. The van der Waals surface area contributed by atoms with Crippen LogP contribution in [0.5, 0.6) is 0 Å². The van der Waals surface area contributed by atoms with Gasteiger partial charge in [-0.25, -0.2) is 14.8 Å². The molecule has 1 aliphatic carbocycles. The van der Waals surface area contributed by atoms with Crippen molar-refractivity contribution in [3.63, 3.8) is 0 Å². The SMILES string of the molecule is Cc1cc(C2CC3(CCN(C(=O)OC(C)(C)C)CC3)C2S)ccc1Nc1ncc(C(F)(F)F)c(Cl)n1. The monoisotopic (exact) mass is 542 g/mol. The van der Waals surface area contributed by atoms with Gasteiger partial charge in [0.15, 0.2) is 0 Å². The second kappa shape index (κ2) is 9.59. The number of anilines is 2. The van der Waals surface area contributed by atoms with Crippen LogP contribution in [0.4, 0.5) is 29.6 Å². The van der Waals surface area contributed by atoms with Crippen molar-refractivity contribution < 1.29 is 22.7 Å². The maximum atomic E-state index is 12.9. The van der Waals surface area contributed by atoms with Gasteiger partial charge in [0.2, 0.25) is 5.95 Å². The number of likely N-dealkylation sites (tertiary alicyclic amines) is 1. The number of halogens is 4. The number of nitrogens with one attached hydrogen (secondary N) is 1. The molecule has 0 radical (unpaired) electrons. The Balaban J connectivity index is 1.38. The molecule has 1 spiro atoms. The Morgan fingerprint density at radius 1 is 1.25 bits per heavy atom. The lowest BCUT2D eigenvalue weighted by molar-refractivity contribution is -0.137. The van der Waals surface area contributed by atoms with Crippen molar-refractivity contribution in [2.45, 2.75) is 69.9 Å². The lowest BCUT2D eigenvalue weighted by Crippen LogP contribution is -2.55. The molecule has 1 aromatic heterocycles. The van der Waals surface area contributed by atoms with E-state index in [4.69, 9.17) is 29.0 Å². The molecule has 2 aliphatic rings. The van der Waals surface area contributed by atoms with Gasteiger partial charge in [-0.1, -0.05) is 23.7 Å². The highest BCUT2D eigenvalue weighted by atomic mass is 35.5. The number of thiol groups is 1. The lowest BCUT2D eigenvalue weighted by Gasteiger charge is -2.57. The largest absolute Gasteiger partial charge is 0.444 e. The topological polar surface area (TPSA) is 67.3 Å². The summed E-state index contributed by atoms with van der Waals surface area (Å²) in [5.74, 6) is 0.279. The Morgan fingerprint density at radius 3 is 2.44 bits per heavy atom. The van der Waals surface area contributed by atoms with E-state index >= 15 is 0 Å². The molecule has 2 fully saturated rings. The maximum absolute atomic E-state index is 12.9. The molecule has 196 valence electrons. The first-order chi connectivity index (χ1) is 16.7. The highest BCUT2D eigenvalue weighted by Crippen LogP contribution is 2.59. The van der Waals surface area contributed by atoms with Gasteiger partial charge in [0.25, 0.3) is 0 Å². The Hall–Kier alpha value is -2.20. The molecule has 36 heavy (non-hydrogen) atoms. The van der Waals surface area contributed by atoms with Gasteiger partial charge in [0.05, 0.1) is 0 Å². The lowest BCUT2D eigenvalue weighted by atomic mass is 9.55. The summed E-state index contributed by atoms with van der Waals surface area (Å²) in [4.78, 5) is 21.7. The van der Waals surface area contributed by atoms with E-state index in [9.17, 15) is 18.0 Å². The van der Waals surface area contributed by atoms with Crippen LogP contribution in [-0.2, 0) is 10.9 Å². The summed E-state index contributed by atoms with van der Waals surface area (Å²) < 4.78 is 44.2. The number of amides is 1. The van der Waals surface area contributed by atoms with Crippen LogP contribution >= 0.6 is 24.2 Å². The van der Waals surface area contributed by atoms with Crippen molar-refractivity contribution in [1.29, 1.82) is 0 Å². The van der Waals surface area contributed by atoms with E-state index in [1.165, 1.54) is 0 Å². The Bertz CT molecular complexity index is 1150. The predicted molar refractivity (Wildman–Crippen MR) is 136 cm³/mol. The summed E-state index contributed by atoms with van der Waals surface area (Å²) in [5.41, 5.74) is 1.27. The molecule has 2 aromatic rings. The predicted octanol–water partition coefficient (Wildman–Crippen LogP) is 7.00. The average Bonchev–Trinajstić information content (AvgIpc) is 2.77. The third-order valence-electron chi connectivity index (χ3n) is 7.02. The molecule has 2 heterocycles. The van der Waals surface area contributed by atoms with E-state index in [0.717, 1.165) is 30.4 Å². The van der Waals surface area contributed by atoms with Crippen molar-refractivity contribution in [2.24, 2.45) is 5.41 Å². The number of piperidine rings is 1. The normalized spacial score (nSPS) is 21.8. The van der Waals surface area contributed by atoms with Crippen LogP contribution in [0.25, 0.3) is 0 Å². The fraction of sp³-hybridized carbons (Fsp3) is 0.560. The number of carbonyl (C=O) groups is 1. The molecule has 4 rings (SSSR count). The minimum Gasteiger partial charge on any atom is -0.444 e. The molecule has 1 amide bonds. The quantitative estimate of drug-likeness (QED) is 0.323. The molecule has 6 nitrogen and oxygen atoms in total. The zero-order valence-corrected chi connectivity index (χ0v) is 22.3. The molecular weight excluding hydrogens is 513 g/mol. The number of aryl methyl sites for hydroxylation is 1. The highest BCUT2D eigenvalue weighted by molar-refractivity contribution is 7.81. The third-order valence-corrected chi connectivity index (χ3v) is 8.21. The number of hydrogen-bond donors (Lipinski definition) is 2. The molecule has 1 aliphatic heterocycles. The van der Waals surface area contributed by atoms with Crippen LogP contribution in [0.3, 0.4) is 0 Å². The van der Waals surface area contributed by atoms with Gasteiger partial charge in [0.1, 0.15) is 16.3 Å². The number of nitrogens with zero attached hydrogens (tertiary/aromatic N) is 3. The van der Waals surface area contributed by atoms with Gasteiger partial charge >= 0.3 is 12.3 Å². The smallest absolute Gasteiger partial charge is 0.420 e. The van der Waals surface area contributed by atoms with Crippen molar-refractivity contribution in [2.75, 3.05) is 18.4 Å². The van der Waals surface area contributed by atoms with Gasteiger partial charge in [0, 0.05) is 30.2 Å². The molecule has 1 saturated heterocycles. The summed E-state index contributed by atoms with van der Waals surface area (Å²) in [6, 6.07) is 5.93. The van der Waals surface area contributed by atoms with Crippen LogP contribution < -0.4 is 5.32 Å². The standard InChI is InChI=1S/C25H30ClF3N4O2S/c1-14-11-15(5-6-18(14)31-21-30-13-17(20(26)32-21)25(27,28)29)16-12-24(19(16)36)7-9-33(10-8-24)22(34)35-23(2,3)4/h5-6,11,13,16,19,36H,7-10,12H2,1-4H3,(H,30,31,32). The third kappa shape index (κ3) is 5.54. The number of rotatable bonds is 3. The van der Waals surface area contributed by atoms with Gasteiger partial charge < -0.3 is 15.0 Å². The van der Waals surface area contributed by atoms with Crippen molar-refractivity contribution >= 4 is 42.0 Å². The Morgan fingerprint density at radius 2 is 1.92 bits per heavy atom. The Kier molecular flexibility index (Phi) is 7.16. The van der Waals surface area contributed by atoms with Gasteiger partial charge in [-0.3, -0.25) is 0 Å². The molecular formula is C25H30ClF3N4O2S. The number of benzene rings is 1. The first-order valence-electron chi connectivity index (χ1n) is 11.8. The van der Waals surface area contributed by atoms with E-state index < -0.39 is 22.5 Å². The summed E-state index contributed by atoms with van der Waals surface area (Å²) in [6.07, 6.45) is -1.42. The maximum Gasteiger partial charge on any atom is 0.420 e. The number of alkyl halides is 3. The van der Waals surface area contributed by atoms with E-state index in [2.05, 4.69) is 21.4 Å². The second-order valence-corrected chi connectivity index (χ2v) is 11.6. The fourth-order valence-corrected chi connectivity index (χ4v) is 5.86. The highest BCUT2D eigenvalue weighted by Gasteiger charge is 2.53. The summed E-state index contributed by atoms with van der Waals surface area (Å²) in [7, 11) is 0.